The second-order valence-corrected chi connectivity index (χ2v) is 3.84. The number of sulfonamides is 1. The van der Waals surface area contributed by atoms with Crippen LogP contribution in [0.5, 0.6) is 0 Å². The van der Waals surface area contributed by atoms with E-state index in [-0.39, 0.29) is 0 Å². The van der Waals surface area contributed by atoms with Crippen molar-refractivity contribution in [3.63, 3.8) is 0 Å². The highest BCUT2D eigenvalue weighted by molar-refractivity contribution is 7.88. The van der Waals surface area contributed by atoms with Crippen molar-refractivity contribution < 1.29 is 8.42 Å². The molecule has 0 radical (unpaired) electrons. The van der Waals surface area contributed by atoms with Gasteiger partial charge < -0.3 is 0 Å². The zero-order valence-electron chi connectivity index (χ0n) is 5.96. The van der Waals surface area contributed by atoms with Gasteiger partial charge in [0, 0.05) is 6.08 Å². The molecule has 0 aromatic heterocycles. The minimum absolute atomic E-state index is 0.506. The van der Waals surface area contributed by atoms with Crippen molar-refractivity contribution in [2.75, 3.05) is 6.26 Å². The maximum atomic E-state index is 10.7. The van der Waals surface area contributed by atoms with Gasteiger partial charge in [-0.2, -0.15) is 0 Å². The maximum absolute atomic E-state index is 10.7. The third kappa shape index (κ3) is 2.92. The predicted molar refractivity (Wildman–Crippen MR) is 42.2 cm³/mol. The molecule has 11 heavy (non-hydrogen) atoms. The Morgan fingerprint density at radius 2 is 2.18 bits per heavy atom. The van der Waals surface area contributed by atoms with Crippen molar-refractivity contribution in [2.24, 2.45) is 0 Å². The molecule has 0 aromatic rings. The molecule has 4 heteroatoms. The summed E-state index contributed by atoms with van der Waals surface area (Å²) in [6, 6.07) is 0. The molecule has 0 unspecified atom stereocenters. The first-order valence-corrected chi connectivity index (χ1v) is 4.83. The Kier molecular flexibility index (Phi) is 2.01. The molecule has 1 N–H and O–H groups in total. The van der Waals surface area contributed by atoms with Crippen LogP contribution in [0.3, 0.4) is 0 Å². The second kappa shape index (κ2) is 2.81. The monoisotopic (exact) mass is 169 g/mol. The van der Waals surface area contributed by atoms with Crippen LogP contribution in [0.25, 0.3) is 0 Å². The van der Waals surface area contributed by atoms with E-state index in [0.29, 0.717) is 5.70 Å². The Hall–Kier alpha value is -1.21. The van der Waals surface area contributed by atoms with E-state index in [1.54, 1.807) is 12.2 Å². The van der Waals surface area contributed by atoms with E-state index in [1.165, 1.54) is 6.08 Å². The minimum Gasteiger partial charge on any atom is -0.283 e. The Morgan fingerprint density at radius 3 is 2.64 bits per heavy atom. The summed E-state index contributed by atoms with van der Waals surface area (Å²) >= 11 is 0. The van der Waals surface area contributed by atoms with Gasteiger partial charge in [0.05, 0.1) is 12.0 Å². The molecule has 3 nitrogen and oxygen atoms in total. The molecule has 0 saturated carbocycles. The quantitative estimate of drug-likeness (QED) is 0.604. The predicted octanol–water partition coefficient (Wildman–Crippen LogP) is 0.300. The molecule has 1 aliphatic rings. The normalized spacial score (nSPS) is 14.8. The smallest absolute Gasteiger partial charge is 0.229 e. The van der Waals surface area contributed by atoms with Crippen LogP contribution >= 0.6 is 0 Å². The van der Waals surface area contributed by atoms with Gasteiger partial charge >= 0.3 is 0 Å². The highest BCUT2D eigenvalue weighted by atomic mass is 32.2. The Morgan fingerprint density at radius 1 is 1.45 bits per heavy atom. The first-order valence-electron chi connectivity index (χ1n) is 2.93. The molecule has 0 heterocycles. The highest BCUT2D eigenvalue weighted by Gasteiger charge is 2.00. The molecule has 1 rings (SSSR count). The molecule has 0 spiro atoms. The third-order valence-electron chi connectivity index (χ3n) is 0.960. The summed E-state index contributed by atoms with van der Waals surface area (Å²) in [6.45, 7) is 0. The highest BCUT2D eigenvalue weighted by Crippen LogP contribution is 1.96. The Labute approximate surface area is 65.5 Å². The van der Waals surface area contributed by atoms with Crippen LogP contribution in [-0.4, -0.2) is 14.7 Å². The van der Waals surface area contributed by atoms with Gasteiger partial charge in [-0.1, -0.05) is 11.5 Å². The molecule has 0 fully saturated rings. The van der Waals surface area contributed by atoms with Crippen molar-refractivity contribution >= 4 is 10.0 Å². The molecule has 0 bridgehead atoms. The van der Waals surface area contributed by atoms with E-state index in [2.05, 4.69) is 16.2 Å². The molecule has 0 aliphatic heterocycles. The van der Waals surface area contributed by atoms with Gasteiger partial charge in [0.15, 0.2) is 0 Å². The summed E-state index contributed by atoms with van der Waals surface area (Å²) < 4.78 is 23.6. The van der Waals surface area contributed by atoms with E-state index in [9.17, 15) is 8.42 Å². The fourth-order valence-corrected chi connectivity index (χ4v) is 1.18. The zero-order chi connectivity index (χ0) is 8.32. The fourth-order valence-electron chi connectivity index (χ4n) is 0.625. The average molecular weight is 169 g/mol. The first-order chi connectivity index (χ1) is 5.08. The summed E-state index contributed by atoms with van der Waals surface area (Å²) in [5, 5.41) is 0. The van der Waals surface area contributed by atoms with Gasteiger partial charge in [-0.3, -0.25) is 4.72 Å². The molecule has 0 atom stereocenters. The third-order valence-corrected chi connectivity index (χ3v) is 1.57. The van der Waals surface area contributed by atoms with Gasteiger partial charge in [0.1, 0.15) is 0 Å². The van der Waals surface area contributed by atoms with Crippen molar-refractivity contribution in [3.05, 3.63) is 35.4 Å². The minimum atomic E-state index is -3.16. The van der Waals surface area contributed by atoms with E-state index >= 15 is 0 Å². The summed E-state index contributed by atoms with van der Waals surface area (Å²) in [5.74, 6) is 0. The molecule has 1 aliphatic carbocycles. The van der Waals surface area contributed by atoms with E-state index < -0.39 is 10.0 Å². The van der Waals surface area contributed by atoms with Crippen LogP contribution in [0, 0.1) is 0 Å². The summed E-state index contributed by atoms with van der Waals surface area (Å²) in [5.41, 5.74) is 5.80. The second-order valence-electron chi connectivity index (χ2n) is 2.10. The number of hydrogen-bond donors (Lipinski definition) is 1. The van der Waals surface area contributed by atoms with Gasteiger partial charge in [-0.05, 0) is 12.2 Å². The lowest BCUT2D eigenvalue weighted by atomic mass is 10.3. The fraction of sp³-hybridized carbons (Fsp3) is 0.143. The number of rotatable bonds is 2. The lowest BCUT2D eigenvalue weighted by Gasteiger charge is -2.02. The number of allylic oxidation sites excluding steroid dienone is 3. The van der Waals surface area contributed by atoms with Gasteiger partial charge in [0.25, 0.3) is 0 Å². The van der Waals surface area contributed by atoms with Crippen LogP contribution in [0.15, 0.2) is 35.4 Å². The van der Waals surface area contributed by atoms with Crippen LogP contribution in [-0.2, 0) is 10.0 Å². The van der Waals surface area contributed by atoms with Gasteiger partial charge in [-0.15, -0.1) is 0 Å². The van der Waals surface area contributed by atoms with Crippen molar-refractivity contribution in [3.8, 4) is 0 Å². The number of hydrogen-bond acceptors (Lipinski definition) is 2. The van der Waals surface area contributed by atoms with Crippen molar-refractivity contribution in [2.45, 2.75) is 0 Å². The maximum Gasteiger partial charge on any atom is 0.229 e. The lowest BCUT2D eigenvalue weighted by Crippen LogP contribution is -2.20. The molecule has 0 amide bonds. The molecular weight excluding hydrogens is 162 g/mol. The van der Waals surface area contributed by atoms with E-state index in [4.69, 9.17) is 0 Å². The Balaban J connectivity index is 2.77. The molecular formula is C7H7NO2S. The summed E-state index contributed by atoms with van der Waals surface area (Å²) in [6.07, 6.45) is 5.82. The summed E-state index contributed by atoms with van der Waals surface area (Å²) in [4.78, 5) is 0. The van der Waals surface area contributed by atoms with Crippen molar-refractivity contribution in [1.82, 2.24) is 4.72 Å². The first kappa shape index (κ1) is 7.89. The van der Waals surface area contributed by atoms with Crippen LogP contribution in [0.2, 0.25) is 0 Å². The zero-order valence-corrected chi connectivity index (χ0v) is 6.77. The average Bonchev–Trinajstić information content (AvgIpc) is 1.85. The lowest BCUT2D eigenvalue weighted by molar-refractivity contribution is 0.595. The largest absolute Gasteiger partial charge is 0.283 e. The van der Waals surface area contributed by atoms with Gasteiger partial charge in [0.2, 0.25) is 10.0 Å². The van der Waals surface area contributed by atoms with Crippen molar-refractivity contribution in [1.29, 1.82) is 0 Å². The van der Waals surface area contributed by atoms with Crippen LogP contribution < -0.4 is 4.72 Å². The molecule has 58 valence electrons. The van der Waals surface area contributed by atoms with E-state index in [0.717, 1.165) is 6.26 Å². The molecule has 0 aromatic carbocycles. The van der Waals surface area contributed by atoms with Crippen LogP contribution in [0.4, 0.5) is 0 Å². The van der Waals surface area contributed by atoms with E-state index in [1.807, 2.05) is 0 Å². The standard InChI is InChI=1S/C7H7NO2S/c1-11(9,10)8-7-5-3-2-4-6-7/h3,5-6,8H,1H3. The van der Waals surface area contributed by atoms with Crippen LogP contribution in [0.1, 0.15) is 0 Å². The molecule has 0 saturated heterocycles. The topological polar surface area (TPSA) is 46.2 Å². The SMILES string of the molecule is CS(=O)(=O)NC1=CC=C=C=C1. The van der Waals surface area contributed by atoms with Gasteiger partial charge in [-0.25, -0.2) is 8.42 Å². The summed E-state index contributed by atoms with van der Waals surface area (Å²) in [7, 11) is -3.16. The Bertz CT molecular complexity index is 377. The number of nitrogens with one attached hydrogen (secondary N) is 1.